The average Bonchev–Trinajstić information content (AvgIpc) is 3.02. The van der Waals surface area contributed by atoms with Gasteiger partial charge >= 0.3 is 0 Å². The average molecular weight is 314 g/mol. The van der Waals surface area contributed by atoms with Crippen molar-refractivity contribution in [3.8, 4) is 0 Å². The quantitative estimate of drug-likeness (QED) is 0.860. The van der Waals surface area contributed by atoms with Gasteiger partial charge in [-0.15, -0.1) is 0 Å². The van der Waals surface area contributed by atoms with Crippen molar-refractivity contribution in [2.45, 2.75) is 45.5 Å². The number of hydrogen-bond acceptors (Lipinski definition) is 4. The van der Waals surface area contributed by atoms with Crippen LogP contribution in [-0.4, -0.2) is 35.2 Å². The lowest BCUT2D eigenvalue weighted by Crippen LogP contribution is -2.37. The number of nitrogens with one attached hydrogen (secondary N) is 1. The van der Waals surface area contributed by atoms with Crippen LogP contribution in [0, 0.1) is 13.8 Å². The Balaban J connectivity index is 1.54. The molecule has 2 N–H and O–H groups in total. The van der Waals surface area contributed by atoms with Gasteiger partial charge in [-0.1, -0.05) is 30.3 Å². The number of hydrogen-bond donors (Lipinski definition) is 2. The number of rotatable bonds is 6. The molecule has 0 radical (unpaired) electrons. The maximum Gasteiger partial charge on any atom is 0.105 e. The van der Waals surface area contributed by atoms with Gasteiger partial charge in [-0.2, -0.15) is 0 Å². The van der Waals surface area contributed by atoms with E-state index in [2.05, 4.69) is 40.5 Å². The number of β-amino-alcohol motifs (C(OH)–C–C–N with tert-alkyl or cyclic N) is 1. The van der Waals surface area contributed by atoms with Crippen LogP contribution in [-0.2, 0) is 13.1 Å². The van der Waals surface area contributed by atoms with Crippen molar-refractivity contribution in [2.75, 3.05) is 13.1 Å². The van der Waals surface area contributed by atoms with E-state index < -0.39 is 0 Å². The van der Waals surface area contributed by atoms with Crippen LogP contribution in [0.2, 0.25) is 0 Å². The number of benzene rings is 1. The summed E-state index contributed by atoms with van der Waals surface area (Å²) < 4.78 is 5.56. The summed E-state index contributed by atoms with van der Waals surface area (Å²) in [6.07, 6.45) is 0.617. The molecule has 23 heavy (non-hydrogen) atoms. The van der Waals surface area contributed by atoms with E-state index in [0.717, 1.165) is 44.1 Å². The van der Waals surface area contributed by atoms with Gasteiger partial charge in [0.05, 0.1) is 6.10 Å². The number of nitrogens with zero attached hydrogens (tertiary/aromatic N) is 1. The molecule has 1 aliphatic heterocycles. The summed E-state index contributed by atoms with van der Waals surface area (Å²) in [6, 6.07) is 12.9. The second kappa shape index (κ2) is 7.30. The van der Waals surface area contributed by atoms with Gasteiger partial charge in [-0.05, 0) is 31.9 Å². The summed E-state index contributed by atoms with van der Waals surface area (Å²) in [5, 5.41) is 13.5. The SMILES string of the molecule is Cc1cc(CNCC2CC(O)CN2Cc2ccccc2)c(C)o1. The Morgan fingerprint density at radius 3 is 2.74 bits per heavy atom. The van der Waals surface area contributed by atoms with E-state index in [1.165, 1.54) is 11.1 Å². The summed E-state index contributed by atoms with van der Waals surface area (Å²) in [6.45, 7) is 7.33. The molecule has 1 aromatic heterocycles. The number of likely N-dealkylation sites (tertiary alicyclic amines) is 1. The molecule has 1 aromatic carbocycles. The Bertz CT molecular complexity index is 624. The van der Waals surface area contributed by atoms with E-state index >= 15 is 0 Å². The Morgan fingerprint density at radius 2 is 2.04 bits per heavy atom. The van der Waals surface area contributed by atoms with Crippen LogP contribution >= 0.6 is 0 Å². The number of aliphatic hydroxyl groups is 1. The van der Waals surface area contributed by atoms with Gasteiger partial charge in [0, 0.05) is 37.8 Å². The van der Waals surface area contributed by atoms with E-state index in [0.29, 0.717) is 6.04 Å². The Hall–Kier alpha value is -1.62. The lowest BCUT2D eigenvalue weighted by Gasteiger charge is -2.24. The summed E-state index contributed by atoms with van der Waals surface area (Å²) in [5.41, 5.74) is 2.52. The zero-order valence-electron chi connectivity index (χ0n) is 14.0. The van der Waals surface area contributed by atoms with Crippen molar-refractivity contribution in [2.24, 2.45) is 0 Å². The molecule has 1 saturated heterocycles. The Morgan fingerprint density at radius 1 is 1.26 bits per heavy atom. The second-order valence-corrected chi connectivity index (χ2v) is 6.53. The van der Waals surface area contributed by atoms with E-state index in [4.69, 9.17) is 4.42 Å². The maximum absolute atomic E-state index is 10.0. The van der Waals surface area contributed by atoms with Crippen molar-refractivity contribution in [1.82, 2.24) is 10.2 Å². The first-order valence-electron chi connectivity index (χ1n) is 8.34. The minimum absolute atomic E-state index is 0.219. The predicted molar refractivity (Wildman–Crippen MR) is 91.2 cm³/mol. The van der Waals surface area contributed by atoms with Crippen molar-refractivity contribution in [3.63, 3.8) is 0 Å². The highest BCUT2D eigenvalue weighted by Crippen LogP contribution is 2.20. The first-order valence-corrected chi connectivity index (χ1v) is 8.34. The highest BCUT2D eigenvalue weighted by Gasteiger charge is 2.30. The normalized spacial score (nSPS) is 21.9. The van der Waals surface area contributed by atoms with E-state index in [1.807, 2.05) is 19.9 Å². The minimum Gasteiger partial charge on any atom is -0.466 e. The first kappa shape index (κ1) is 16.2. The molecule has 0 saturated carbocycles. The third-order valence-electron chi connectivity index (χ3n) is 4.57. The van der Waals surface area contributed by atoms with Crippen LogP contribution in [0.25, 0.3) is 0 Å². The molecule has 1 fully saturated rings. The molecule has 4 nitrogen and oxygen atoms in total. The number of furan rings is 1. The largest absolute Gasteiger partial charge is 0.466 e. The lowest BCUT2D eigenvalue weighted by atomic mass is 10.1. The van der Waals surface area contributed by atoms with Gasteiger partial charge in [-0.3, -0.25) is 4.90 Å². The molecular formula is C19H26N2O2. The van der Waals surface area contributed by atoms with Crippen LogP contribution in [0.15, 0.2) is 40.8 Å². The smallest absolute Gasteiger partial charge is 0.105 e. The third-order valence-corrected chi connectivity index (χ3v) is 4.57. The predicted octanol–water partition coefficient (Wildman–Crippen LogP) is 2.62. The first-order chi connectivity index (χ1) is 11.1. The number of aryl methyl sites for hydroxylation is 2. The molecule has 2 aromatic rings. The van der Waals surface area contributed by atoms with Gasteiger partial charge < -0.3 is 14.8 Å². The third kappa shape index (κ3) is 4.22. The van der Waals surface area contributed by atoms with Crippen molar-refractivity contribution < 1.29 is 9.52 Å². The van der Waals surface area contributed by atoms with Crippen molar-refractivity contribution in [3.05, 3.63) is 59.0 Å². The van der Waals surface area contributed by atoms with Gasteiger partial charge in [-0.25, -0.2) is 0 Å². The van der Waals surface area contributed by atoms with Gasteiger partial charge in [0.1, 0.15) is 11.5 Å². The van der Waals surface area contributed by atoms with Gasteiger partial charge in [0.25, 0.3) is 0 Å². The lowest BCUT2D eigenvalue weighted by molar-refractivity contribution is 0.172. The summed E-state index contributed by atoms with van der Waals surface area (Å²) in [5.74, 6) is 1.95. The second-order valence-electron chi connectivity index (χ2n) is 6.53. The van der Waals surface area contributed by atoms with Crippen LogP contribution in [0.3, 0.4) is 0 Å². The standard InChI is InChI=1S/C19H26N2O2/c1-14-8-17(15(2)23-14)10-20-11-18-9-19(22)13-21(18)12-16-6-4-3-5-7-16/h3-8,18-20,22H,9-13H2,1-2H3. The zero-order valence-corrected chi connectivity index (χ0v) is 14.0. The molecule has 4 heteroatoms. The topological polar surface area (TPSA) is 48.6 Å². The minimum atomic E-state index is -0.219. The molecule has 2 unspecified atom stereocenters. The molecular weight excluding hydrogens is 288 g/mol. The summed E-state index contributed by atoms with van der Waals surface area (Å²) in [4.78, 5) is 2.38. The Labute approximate surface area is 138 Å². The highest BCUT2D eigenvalue weighted by molar-refractivity contribution is 5.20. The molecule has 0 spiro atoms. The Kier molecular flexibility index (Phi) is 5.16. The molecule has 0 amide bonds. The fourth-order valence-electron chi connectivity index (χ4n) is 3.41. The van der Waals surface area contributed by atoms with E-state index in [1.54, 1.807) is 0 Å². The molecule has 0 aliphatic carbocycles. The van der Waals surface area contributed by atoms with Crippen LogP contribution < -0.4 is 5.32 Å². The zero-order chi connectivity index (χ0) is 16.2. The monoisotopic (exact) mass is 314 g/mol. The molecule has 3 rings (SSSR count). The molecule has 1 aliphatic rings. The highest BCUT2D eigenvalue weighted by atomic mass is 16.3. The number of aliphatic hydroxyl groups excluding tert-OH is 1. The van der Waals surface area contributed by atoms with Crippen LogP contribution in [0.4, 0.5) is 0 Å². The van der Waals surface area contributed by atoms with E-state index in [-0.39, 0.29) is 6.10 Å². The van der Waals surface area contributed by atoms with Crippen LogP contribution in [0.1, 0.15) is 29.1 Å². The van der Waals surface area contributed by atoms with Gasteiger partial charge in [0.15, 0.2) is 0 Å². The van der Waals surface area contributed by atoms with Crippen molar-refractivity contribution >= 4 is 0 Å². The van der Waals surface area contributed by atoms with E-state index in [9.17, 15) is 5.11 Å². The fraction of sp³-hybridized carbons (Fsp3) is 0.474. The maximum atomic E-state index is 10.0. The van der Waals surface area contributed by atoms with Crippen molar-refractivity contribution in [1.29, 1.82) is 0 Å². The van der Waals surface area contributed by atoms with Gasteiger partial charge in [0.2, 0.25) is 0 Å². The van der Waals surface area contributed by atoms with Crippen LogP contribution in [0.5, 0.6) is 0 Å². The fourth-order valence-corrected chi connectivity index (χ4v) is 3.41. The molecule has 0 bridgehead atoms. The molecule has 2 heterocycles. The molecule has 124 valence electrons. The summed E-state index contributed by atoms with van der Waals surface area (Å²) in [7, 11) is 0. The molecule has 2 atom stereocenters. The summed E-state index contributed by atoms with van der Waals surface area (Å²) >= 11 is 0.